The first-order valence-corrected chi connectivity index (χ1v) is 8.62. The highest BCUT2D eigenvalue weighted by Gasteiger charge is 2.22. The average molecular weight is 343 g/mol. The van der Waals surface area contributed by atoms with E-state index in [0.29, 0.717) is 5.56 Å². The highest BCUT2D eigenvalue weighted by molar-refractivity contribution is 7.93. The van der Waals surface area contributed by atoms with Gasteiger partial charge >= 0.3 is 0 Å². The first-order chi connectivity index (χ1) is 11.3. The Morgan fingerprint density at radius 2 is 1.75 bits per heavy atom. The van der Waals surface area contributed by atoms with Crippen molar-refractivity contribution in [2.45, 2.75) is 19.1 Å². The highest BCUT2D eigenvalue weighted by Crippen LogP contribution is 2.27. The van der Waals surface area contributed by atoms with Crippen molar-refractivity contribution in [3.63, 3.8) is 0 Å². The summed E-state index contributed by atoms with van der Waals surface area (Å²) in [5, 5.41) is 10.4. The molecule has 24 heavy (non-hydrogen) atoms. The van der Waals surface area contributed by atoms with Crippen molar-refractivity contribution in [1.29, 1.82) is 0 Å². The van der Waals surface area contributed by atoms with Crippen LogP contribution in [0.15, 0.2) is 42.5 Å². The summed E-state index contributed by atoms with van der Waals surface area (Å²) in [5.41, 5.74) is 0.812. The van der Waals surface area contributed by atoms with Crippen LogP contribution in [0, 0.1) is 28.0 Å². The lowest BCUT2D eigenvalue weighted by atomic mass is 10.1. The molecule has 0 bridgehead atoms. The average Bonchev–Trinajstić information content (AvgIpc) is 2.53. The maximum Gasteiger partial charge on any atom is 0.293 e. The molecule has 0 heterocycles. The van der Waals surface area contributed by atoms with Crippen LogP contribution >= 0.6 is 0 Å². The summed E-state index contributed by atoms with van der Waals surface area (Å²) in [6.07, 6.45) is 0. The predicted octanol–water partition coefficient (Wildman–Crippen LogP) is 2.94. The second-order valence-corrected chi connectivity index (χ2v) is 7.46. The SMILES string of the molecule is CC(C)S(=O)(=O)Nc1cc(C#Cc2cc[c]cc2)ccc1[N+](=O)[O-]. The quantitative estimate of drug-likeness (QED) is 0.525. The van der Waals surface area contributed by atoms with E-state index < -0.39 is 20.2 Å². The number of sulfonamides is 1. The Kier molecular flexibility index (Phi) is 5.21. The number of benzene rings is 2. The fourth-order valence-electron chi connectivity index (χ4n) is 1.74. The first kappa shape index (κ1) is 17.5. The summed E-state index contributed by atoms with van der Waals surface area (Å²) < 4.78 is 26.2. The number of rotatable bonds is 4. The molecule has 1 radical (unpaired) electrons. The third kappa shape index (κ3) is 4.33. The number of nitrogens with one attached hydrogen (secondary N) is 1. The van der Waals surface area contributed by atoms with Crippen molar-refractivity contribution >= 4 is 21.4 Å². The second-order valence-electron chi connectivity index (χ2n) is 5.22. The van der Waals surface area contributed by atoms with Crippen molar-refractivity contribution in [3.05, 3.63) is 69.8 Å². The van der Waals surface area contributed by atoms with E-state index >= 15 is 0 Å². The molecule has 0 aliphatic rings. The van der Waals surface area contributed by atoms with Crippen LogP contribution in [0.1, 0.15) is 25.0 Å². The third-order valence-corrected chi connectivity index (χ3v) is 4.88. The minimum Gasteiger partial charge on any atom is -0.277 e. The molecule has 7 heteroatoms. The minimum atomic E-state index is -3.70. The molecular formula is C17H15N2O4S. The van der Waals surface area contributed by atoms with Gasteiger partial charge in [0.1, 0.15) is 5.69 Å². The smallest absolute Gasteiger partial charge is 0.277 e. The van der Waals surface area contributed by atoms with Crippen LogP contribution in [0.4, 0.5) is 11.4 Å². The van der Waals surface area contributed by atoms with Gasteiger partial charge in [-0.15, -0.1) is 0 Å². The number of hydrogen-bond donors (Lipinski definition) is 1. The number of nitrogens with zero attached hydrogens (tertiary/aromatic N) is 1. The van der Waals surface area contributed by atoms with Crippen LogP contribution in [0.2, 0.25) is 0 Å². The van der Waals surface area contributed by atoms with Crippen LogP contribution < -0.4 is 4.72 Å². The molecule has 6 nitrogen and oxygen atoms in total. The zero-order valence-electron chi connectivity index (χ0n) is 13.1. The van der Waals surface area contributed by atoms with Crippen molar-refractivity contribution in [1.82, 2.24) is 0 Å². The maximum absolute atomic E-state index is 12.0. The molecule has 0 amide bonds. The maximum atomic E-state index is 12.0. The highest BCUT2D eigenvalue weighted by atomic mass is 32.2. The molecule has 0 unspecified atom stereocenters. The minimum absolute atomic E-state index is 0.0955. The van der Waals surface area contributed by atoms with Gasteiger partial charge in [-0.25, -0.2) is 8.42 Å². The number of nitro groups is 1. The Morgan fingerprint density at radius 3 is 2.33 bits per heavy atom. The molecular weight excluding hydrogens is 328 g/mol. The van der Waals surface area contributed by atoms with E-state index in [0.717, 1.165) is 5.56 Å². The van der Waals surface area contributed by atoms with Crippen LogP contribution in [0.5, 0.6) is 0 Å². The van der Waals surface area contributed by atoms with Gasteiger partial charge in [-0.1, -0.05) is 24.0 Å². The second kappa shape index (κ2) is 7.15. The van der Waals surface area contributed by atoms with Gasteiger partial charge < -0.3 is 0 Å². The predicted molar refractivity (Wildman–Crippen MR) is 92.0 cm³/mol. The molecule has 0 aromatic heterocycles. The van der Waals surface area contributed by atoms with E-state index in [4.69, 9.17) is 0 Å². The molecule has 0 fully saturated rings. The van der Waals surface area contributed by atoms with Crippen LogP contribution in [0.3, 0.4) is 0 Å². The third-order valence-electron chi connectivity index (χ3n) is 3.14. The lowest BCUT2D eigenvalue weighted by molar-refractivity contribution is -0.383. The van der Waals surface area contributed by atoms with Gasteiger partial charge in [0.05, 0.1) is 10.2 Å². The molecule has 2 aromatic rings. The van der Waals surface area contributed by atoms with Crippen LogP contribution in [0.25, 0.3) is 0 Å². The molecule has 0 aliphatic carbocycles. The van der Waals surface area contributed by atoms with Gasteiger partial charge in [-0.2, -0.15) is 0 Å². The molecule has 2 rings (SSSR count). The van der Waals surface area contributed by atoms with Gasteiger partial charge in [0.25, 0.3) is 5.69 Å². The summed E-state index contributed by atoms with van der Waals surface area (Å²) >= 11 is 0. The Labute approximate surface area is 140 Å². The van der Waals surface area contributed by atoms with Gasteiger partial charge in [-0.05, 0) is 44.2 Å². The van der Waals surface area contributed by atoms with Gasteiger partial charge in [-0.3, -0.25) is 14.8 Å². The Balaban J connectivity index is 2.42. The molecule has 1 N–H and O–H groups in total. The summed E-state index contributed by atoms with van der Waals surface area (Å²) in [6, 6.07) is 14.0. The normalized spacial score (nSPS) is 10.8. The molecule has 0 atom stereocenters. The van der Waals surface area contributed by atoms with Crippen molar-refractivity contribution in [2.24, 2.45) is 0 Å². The van der Waals surface area contributed by atoms with Gasteiger partial charge in [0.15, 0.2) is 0 Å². The van der Waals surface area contributed by atoms with Crippen LogP contribution in [-0.2, 0) is 10.0 Å². The molecule has 0 aliphatic heterocycles. The van der Waals surface area contributed by atoms with Crippen LogP contribution in [-0.4, -0.2) is 18.6 Å². The molecule has 0 saturated carbocycles. The summed E-state index contributed by atoms with van der Waals surface area (Å²) in [6.45, 7) is 2.98. The van der Waals surface area contributed by atoms with Crippen molar-refractivity contribution in [2.75, 3.05) is 4.72 Å². The summed E-state index contributed by atoms with van der Waals surface area (Å²) in [4.78, 5) is 10.5. The van der Waals surface area contributed by atoms with Gasteiger partial charge in [0, 0.05) is 17.2 Å². The van der Waals surface area contributed by atoms with Gasteiger partial charge in [0.2, 0.25) is 10.0 Å². The topological polar surface area (TPSA) is 89.3 Å². The molecule has 2 aromatic carbocycles. The van der Waals surface area contributed by atoms with Crippen molar-refractivity contribution in [3.8, 4) is 11.8 Å². The van der Waals surface area contributed by atoms with E-state index in [1.807, 2.05) is 0 Å². The largest absolute Gasteiger partial charge is 0.293 e. The molecule has 123 valence electrons. The van der Waals surface area contributed by atoms with Crippen molar-refractivity contribution < 1.29 is 13.3 Å². The fourth-order valence-corrected chi connectivity index (χ4v) is 2.45. The zero-order chi connectivity index (χ0) is 17.7. The number of hydrogen-bond acceptors (Lipinski definition) is 4. The standard InChI is InChI=1S/C17H15N2O4S/c1-13(2)24(22,23)18-16-12-15(10-11-17(16)19(20)21)9-8-14-6-4-3-5-7-14/h4-7,10-13,18H,1-2H3. The fraction of sp³-hybridized carbons (Fsp3) is 0.176. The monoisotopic (exact) mass is 343 g/mol. The van der Waals surface area contributed by atoms with E-state index in [2.05, 4.69) is 22.6 Å². The molecule has 0 spiro atoms. The van der Waals surface area contributed by atoms with E-state index in [1.54, 1.807) is 24.3 Å². The zero-order valence-corrected chi connectivity index (χ0v) is 13.9. The first-order valence-electron chi connectivity index (χ1n) is 7.08. The number of anilines is 1. The Morgan fingerprint density at radius 1 is 1.12 bits per heavy atom. The lowest BCUT2D eigenvalue weighted by Gasteiger charge is -2.11. The van der Waals surface area contributed by atoms with E-state index in [1.165, 1.54) is 32.0 Å². The van der Waals surface area contributed by atoms with E-state index in [-0.39, 0.29) is 11.4 Å². The van der Waals surface area contributed by atoms with E-state index in [9.17, 15) is 18.5 Å². The molecule has 0 saturated heterocycles. The Bertz CT molecular complexity index is 911. The summed E-state index contributed by atoms with van der Waals surface area (Å²) in [7, 11) is -3.70. The number of nitro benzene ring substituents is 1. The summed E-state index contributed by atoms with van der Waals surface area (Å²) in [5.74, 6) is 5.77. The lowest BCUT2D eigenvalue weighted by Crippen LogP contribution is -2.23. The Hall–Kier alpha value is -2.85.